The first kappa shape index (κ1) is 17.2. The summed E-state index contributed by atoms with van der Waals surface area (Å²) in [5.74, 6) is -0.232. The molecule has 0 fully saturated rings. The molecule has 1 rings (SSSR count). The average Bonchev–Trinajstić information content (AvgIpc) is 2.46. The molecule has 2 amide bonds. The van der Waals surface area contributed by atoms with Crippen LogP contribution in [0.5, 0.6) is 0 Å². The summed E-state index contributed by atoms with van der Waals surface area (Å²) in [5, 5.41) is 2.74. The monoisotopic (exact) mass is 291 g/mol. The highest BCUT2D eigenvalue weighted by atomic mass is 16.2. The van der Waals surface area contributed by atoms with E-state index in [9.17, 15) is 9.59 Å². The van der Waals surface area contributed by atoms with E-state index in [4.69, 9.17) is 0 Å². The van der Waals surface area contributed by atoms with E-state index in [0.29, 0.717) is 0 Å². The fraction of sp³-hybridized carbons (Fsp3) is 0.500. The van der Waals surface area contributed by atoms with E-state index in [-0.39, 0.29) is 18.4 Å². The first-order valence-corrected chi connectivity index (χ1v) is 7.20. The molecular weight excluding hydrogens is 266 g/mol. The molecule has 0 heterocycles. The van der Waals surface area contributed by atoms with Gasteiger partial charge in [-0.2, -0.15) is 0 Å². The molecule has 0 bridgehead atoms. The second-order valence-electron chi connectivity index (χ2n) is 5.31. The molecule has 1 N–H and O–H groups in total. The van der Waals surface area contributed by atoms with Gasteiger partial charge in [0.15, 0.2) is 0 Å². The van der Waals surface area contributed by atoms with Gasteiger partial charge in [0.2, 0.25) is 11.8 Å². The second kappa shape index (κ2) is 8.42. The third kappa shape index (κ3) is 5.95. The van der Waals surface area contributed by atoms with Gasteiger partial charge in [-0.1, -0.05) is 37.3 Å². The highest BCUT2D eigenvalue weighted by Crippen LogP contribution is 2.03. The zero-order chi connectivity index (χ0) is 15.8. The molecule has 0 aliphatic heterocycles. The minimum Gasteiger partial charge on any atom is -0.347 e. The highest BCUT2D eigenvalue weighted by molar-refractivity contribution is 5.87. The third-order valence-corrected chi connectivity index (χ3v) is 3.25. The van der Waals surface area contributed by atoms with Crippen LogP contribution in [0.15, 0.2) is 30.3 Å². The molecule has 1 aromatic carbocycles. The van der Waals surface area contributed by atoms with Crippen molar-refractivity contribution in [3.63, 3.8) is 0 Å². The summed E-state index contributed by atoms with van der Waals surface area (Å²) in [7, 11) is 3.36. The Bertz CT molecular complexity index is 460. The Morgan fingerprint density at radius 1 is 1.19 bits per heavy atom. The number of amides is 2. The van der Waals surface area contributed by atoms with Crippen molar-refractivity contribution in [2.24, 2.45) is 0 Å². The van der Waals surface area contributed by atoms with E-state index in [1.54, 1.807) is 21.0 Å². The smallest absolute Gasteiger partial charge is 0.244 e. The summed E-state index contributed by atoms with van der Waals surface area (Å²) in [6.45, 7) is 5.51. The average molecular weight is 291 g/mol. The van der Waals surface area contributed by atoms with Gasteiger partial charge in [0.1, 0.15) is 6.04 Å². The topological polar surface area (TPSA) is 52.7 Å². The minimum atomic E-state index is -0.497. The molecule has 5 nitrogen and oxygen atoms in total. The van der Waals surface area contributed by atoms with Crippen LogP contribution in [0.2, 0.25) is 0 Å². The lowest BCUT2D eigenvalue weighted by atomic mass is 10.2. The number of hydrogen-bond donors (Lipinski definition) is 1. The Morgan fingerprint density at radius 2 is 1.81 bits per heavy atom. The van der Waals surface area contributed by atoms with Crippen molar-refractivity contribution in [1.29, 1.82) is 0 Å². The van der Waals surface area contributed by atoms with Crippen LogP contribution in [0.25, 0.3) is 0 Å². The molecule has 0 spiro atoms. The molecule has 21 heavy (non-hydrogen) atoms. The lowest BCUT2D eigenvalue weighted by molar-refractivity contribution is -0.134. The van der Waals surface area contributed by atoms with E-state index in [0.717, 1.165) is 13.1 Å². The van der Waals surface area contributed by atoms with Crippen LogP contribution in [0.4, 0.5) is 0 Å². The summed E-state index contributed by atoms with van der Waals surface area (Å²) in [6.07, 6.45) is 0. The van der Waals surface area contributed by atoms with Crippen LogP contribution in [-0.4, -0.2) is 54.8 Å². The normalized spacial score (nSPS) is 12.0. The number of carbonyl (C=O) groups excluding carboxylic acids is 2. The van der Waals surface area contributed by atoms with Crippen molar-refractivity contribution in [2.75, 3.05) is 27.2 Å². The van der Waals surface area contributed by atoms with Gasteiger partial charge in [0.05, 0.1) is 6.54 Å². The Balaban J connectivity index is 2.49. The van der Waals surface area contributed by atoms with E-state index < -0.39 is 6.04 Å². The summed E-state index contributed by atoms with van der Waals surface area (Å²) in [4.78, 5) is 27.3. The predicted molar refractivity (Wildman–Crippen MR) is 83.7 cm³/mol. The van der Waals surface area contributed by atoms with Crippen molar-refractivity contribution in [3.8, 4) is 0 Å². The summed E-state index contributed by atoms with van der Waals surface area (Å²) in [5.41, 5.74) is 1.17. The number of hydrogen-bond acceptors (Lipinski definition) is 3. The first-order chi connectivity index (χ1) is 9.93. The molecule has 0 aliphatic carbocycles. The van der Waals surface area contributed by atoms with Crippen LogP contribution in [0, 0.1) is 0 Å². The van der Waals surface area contributed by atoms with Gasteiger partial charge in [-0.05, 0) is 19.0 Å². The molecule has 1 atom stereocenters. The molecule has 5 heteroatoms. The van der Waals surface area contributed by atoms with Gasteiger partial charge in [0.25, 0.3) is 0 Å². The number of likely N-dealkylation sites (N-methyl/N-ethyl adjacent to an activating group) is 2. The van der Waals surface area contributed by atoms with Gasteiger partial charge in [-0.15, -0.1) is 0 Å². The quantitative estimate of drug-likeness (QED) is 0.818. The minimum absolute atomic E-state index is 0.102. The number of rotatable bonds is 7. The lowest BCUT2D eigenvalue weighted by Gasteiger charge is -2.22. The van der Waals surface area contributed by atoms with Crippen molar-refractivity contribution in [1.82, 2.24) is 15.1 Å². The number of nitrogens with one attached hydrogen (secondary N) is 1. The third-order valence-electron chi connectivity index (χ3n) is 3.25. The molecular formula is C16H25N3O2. The number of nitrogens with zero attached hydrogens (tertiary/aromatic N) is 2. The standard InChI is InChI=1S/C16H25N3O2/c1-5-19(11-14-9-7-6-8-10-14)12-15(20)17-13(2)16(21)18(3)4/h6-10,13H,5,11-12H2,1-4H3,(H,17,20). The largest absolute Gasteiger partial charge is 0.347 e. The van der Waals surface area contributed by atoms with E-state index in [1.807, 2.05) is 42.2 Å². The Morgan fingerprint density at radius 3 is 2.33 bits per heavy atom. The summed E-state index contributed by atoms with van der Waals surface area (Å²) in [6, 6.07) is 9.53. The van der Waals surface area contributed by atoms with Gasteiger partial charge in [-0.25, -0.2) is 0 Å². The van der Waals surface area contributed by atoms with E-state index >= 15 is 0 Å². The van der Waals surface area contributed by atoms with Crippen LogP contribution in [0.3, 0.4) is 0 Å². The molecule has 0 saturated heterocycles. The molecule has 0 aliphatic rings. The highest BCUT2D eigenvalue weighted by Gasteiger charge is 2.18. The molecule has 116 valence electrons. The number of carbonyl (C=O) groups is 2. The van der Waals surface area contributed by atoms with Gasteiger partial charge >= 0.3 is 0 Å². The van der Waals surface area contributed by atoms with Crippen molar-refractivity contribution in [2.45, 2.75) is 26.4 Å². The van der Waals surface area contributed by atoms with Crippen molar-refractivity contribution in [3.05, 3.63) is 35.9 Å². The molecule has 1 unspecified atom stereocenters. The zero-order valence-electron chi connectivity index (χ0n) is 13.3. The first-order valence-electron chi connectivity index (χ1n) is 7.20. The van der Waals surface area contributed by atoms with Gasteiger partial charge < -0.3 is 10.2 Å². The molecule has 0 saturated carbocycles. The fourth-order valence-corrected chi connectivity index (χ4v) is 2.06. The Labute approximate surface area is 126 Å². The van der Waals surface area contributed by atoms with Gasteiger partial charge in [0, 0.05) is 20.6 Å². The second-order valence-corrected chi connectivity index (χ2v) is 5.31. The summed E-state index contributed by atoms with van der Waals surface area (Å²) >= 11 is 0. The Kier molecular flexibility index (Phi) is 6.88. The maximum Gasteiger partial charge on any atom is 0.244 e. The SMILES string of the molecule is CCN(CC(=O)NC(C)C(=O)N(C)C)Cc1ccccc1. The van der Waals surface area contributed by atoms with E-state index in [2.05, 4.69) is 5.32 Å². The van der Waals surface area contributed by atoms with Gasteiger partial charge in [-0.3, -0.25) is 14.5 Å². The Hall–Kier alpha value is -1.88. The van der Waals surface area contributed by atoms with Crippen LogP contribution < -0.4 is 5.32 Å². The molecule has 0 radical (unpaired) electrons. The van der Waals surface area contributed by atoms with Crippen molar-refractivity contribution >= 4 is 11.8 Å². The molecule has 1 aromatic rings. The maximum absolute atomic E-state index is 12.0. The van der Waals surface area contributed by atoms with Crippen LogP contribution in [-0.2, 0) is 16.1 Å². The van der Waals surface area contributed by atoms with Crippen LogP contribution >= 0.6 is 0 Å². The zero-order valence-corrected chi connectivity index (χ0v) is 13.3. The van der Waals surface area contributed by atoms with Crippen LogP contribution in [0.1, 0.15) is 19.4 Å². The fourth-order valence-electron chi connectivity index (χ4n) is 2.06. The maximum atomic E-state index is 12.0. The number of benzene rings is 1. The lowest BCUT2D eigenvalue weighted by Crippen LogP contribution is -2.47. The summed E-state index contributed by atoms with van der Waals surface area (Å²) < 4.78 is 0. The predicted octanol–water partition coefficient (Wildman–Crippen LogP) is 1.10. The molecule has 0 aromatic heterocycles. The van der Waals surface area contributed by atoms with E-state index in [1.165, 1.54) is 10.5 Å². The van der Waals surface area contributed by atoms with Crippen molar-refractivity contribution < 1.29 is 9.59 Å².